The molecule has 1 atom stereocenters. The maximum absolute atomic E-state index is 12.7. The monoisotopic (exact) mass is 281 g/mol. The van der Waals surface area contributed by atoms with E-state index in [1.807, 2.05) is 55.2 Å². The third-order valence-corrected chi connectivity index (χ3v) is 3.87. The average molecular weight is 281 g/mol. The molecule has 1 aliphatic rings. The van der Waals surface area contributed by atoms with Crippen molar-refractivity contribution in [2.45, 2.75) is 32.7 Å². The lowest BCUT2D eigenvalue weighted by Gasteiger charge is -2.26. The van der Waals surface area contributed by atoms with Crippen LogP contribution in [0.25, 0.3) is 0 Å². The van der Waals surface area contributed by atoms with Crippen LogP contribution in [0.5, 0.6) is 0 Å². The minimum atomic E-state index is 0.122. The summed E-state index contributed by atoms with van der Waals surface area (Å²) >= 11 is 0. The summed E-state index contributed by atoms with van der Waals surface area (Å²) in [4.78, 5) is 14.7. The van der Waals surface area contributed by atoms with E-state index in [0.29, 0.717) is 0 Å². The Morgan fingerprint density at radius 3 is 2.67 bits per heavy atom. The molecule has 0 aromatic heterocycles. The van der Waals surface area contributed by atoms with Crippen LogP contribution in [-0.2, 0) is 0 Å². The summed E-state index contributed by atoms with van der Waals surface area (Å²) in [6.07, 6.45) is 9.96. The van der Waals surface area contributed by atoms with Gasteiger partial charge in [0.2, 0.25) is 0 Å². The second-order valence-corrected chi connectivity index (χ2v) is 5.42. The smallest absolute Gasteiger partial charge is 0.254 e. The SMILES string of the molecule is C=C/C=C(\C=C/C)C1CCCN1C(=O)c1ccc(C)cc1. The summed E-state index contributed by atoms with van der Waals surface area (Å²) in [6.45, 7) is 8.63. The number of nitrogens with zero attached hydrogens (tertiary/aromatic N) is 1. The summed E-state index contributed by atoms with van der Waals surface area (Å²) in [6, 6.07) is 7.97. The van der Waals surface area contributed by atoms with E-state index in [4.69, 9.17) is 0 Å². The molecule has 0 radical (unpaired) electrons. The second kappa shape index (κ2) is 7.07. The van der Waals surface area contributed by atoms with Crippen LogP contribution in [-0.4, -0.2) is 23.4 Å². The molecule has 0 bridgehead atoms. The molecule has 1 fully saturated rings. The fourth-order valence-electron chi connectivity index (χ4n) is 2.82. The highest BCUT2D eigenvalue weighted by Crippen LogP contribution is 2.26. The molecule has 110 valence electrons. The van der Waals surface area contributed by atoms with Gasteiger partial charge in [-0.2, -0.15) is 0 Å². The first-order valence-electron chi connectivity index (χ1n) is 7.50. The number of rotatable bonds is 4. The van der Waals surface area contributed by atoms with Crippen molar-refractivity contribution in [3.63, 3.8) is 0 Å². The van der Waals surface area contributed by atoms with Gasteiger partial charge in [-0.3, -0.25) is 4.79 Å². The second-order valence-electron chi connectivity index (χ2n) is 5.42. The number of aryl methyl sites for hydroxylation is 1. The topological polar surface area (TPSA) is 20.3 Å². The third kappa shape index (κ3) is 3.52. The molecule has 0 aliphatic carbocycles. The molecular formula is C19H23NO. The Kier molecular flexibility index (Phi) is 5.15. The highest BCUT2D eigenvalue weighted by atomic mass is 16.2. The molecular weight excluding hydrogens is 258 g/mol. The number of hydrogen-bond donors (Lipinski definition) is 0. The Morgan fingerprint density at radius 1 is 1.33 bits per heavy atom. The number of allylic oxidation sites excluding steroid dienone is 3. The molecule has 1 aromatic carbocycles. The normalized spacial score (nSPS) is 19.2. The van der Waals surface area contributed by atoms with E-state index in [0.717, 1.165) is 30.5 Å². The van der Waals surface area contributed by atoms with E-state index in [-0.39, 0.29) is 11.9 Å². The van der Waals surface area contributed by atoms with E-state index in [9.17, 15) is 4.79 Å². The zero-order valence-electron chi connectivity index (χ0n) is 12.9. The third-order valence-electron chi connectivity index (χ3n) is 3.87. The van der Waals surface area contributed by atoms with E-state index >= 15 is 0 Å². The predicted molar refractivity (Wildman–Crippen MR) is 88.3 cm³/mol. The van der Waals surface area contributed by atoms with Gasteiger partial charge < -0.3 is 4.90 Å². The number of benzene rings is 1. The molecule has 1 heterocycles. The van der Waals surface area contributed by atoms with Crippen molar-refractivity contribution in [3.05, 3.63) is 71.8 Å². The lowest BCUT2D eigenvalue weighted by Crippen LogP contribution is -2.36. The van der Waals surface area contributed by atoms with E-state index in [2.05, 4.69) is 12.7 Å². The van der Waals surface area contributed by atoms with Crippen LogP contribution in [0, 0.1) is 6.92 Å². The van der Waals surface area contributed by atoms with E-state index < -0.39 is 0 Å². The predicted octanol–water partition coefficient (Wildman–Crippen LogP) is 4.29. The summed E-state index contributed by atoms with van der Waals surface area (Å²) < 4.78 is 0. The van der Waals surface area contributed by atoms with Crippen molar-refractivity contribution < 1.29 is 4.79 Å². The zero-order chi connectivity index (χ0) is 15.2. The Morgan fingerprint density at radius 2 is 2.05 bits per heavy atom. The van der Waals surface area contributed by atoms with Gasteiger partial charge in [0.25, 0.3) is 5.91 Å². The summed E-state index contributed by atoms with van der Waals surface area (Å²) in [5, 5.41) is 0. The van der Waals surface area contributed by atoms with Crippen molar-refractivity contribution in [1.82, 2.24) is 4.90 Å². The molecule has 1 amide bonds. The molecule has 0 N–H and O–H groups in total. The largest absolute Gasteiger partial charge is 0.332 e. The number of hydrogen-bond acceptors (Lipinski definition) is 1. The molecule has 0 saturated carbocycles. The quantitative estimate of drug-likeness (QED) is 0.754. The molecule has 21 heavy (non-hydrogen) atoms. The van der Waals surface area contributed by atoms with Gasteiger partial charge in [-0.05, 0) is 44.4 Å². The van der Waals surface area contributed by atoms with Crippen LogP contribution in [0.3, 0.4) is 0 Å². The van der Waals surface area contributed by atoms with Crippen LogP contribution in [0.2, 0.25) is 0 Å². The maximum Gasteiger partial charge on any atom is 0.254 e. The Labute approximate surface area is 127 Å². The lowest BCUT2D eigenvalue weighted by molar-refractivity contribution is 0.0757. The molecule has 2 rings (SSSR count). The van der Waals surface area contributed by atoms with Crippen LogP contribution < -0.4 is 0 Å². The number of amides is 1. The number of carbonyl (C=O) groups is 1. The summed E-state index contributed by atoms with van der Waals surface area (Å²) in [5.74, 6) is 0.122. The number of likely N-dealkylation sites (tertiary alicyclic amines) is 1. The molecule has 0 spiro atoms. The molecule has 1 aromatic rings. The highest BCUT2D eigenvalue weighted by Gasteiger charge is 2.30. The first-order valence-corrected chi connectivity index (χ1v) is 7.50. The van der Waals surface area contributed by atoms with Gasteiger partial charge in [0, 0.05) is 12.1 Å². The van der Waals surface area contributed by atoms with Gasteiger partial charge >= 0.3 is 0 Å². The van der Waals surface area contributed by atoms with Crippen LogP contribution in [0.4, 0.5) is 0 Å². The standard InChI is InChI=1S/C19H23NO/c1-4-7-16(8-5-2)18-9-6-14-20(18)19(21)17-12-10-15(3)11-13-17/h4-5,7-8,10-13,18H,1,6,9,14H2,2-3H3/b8-5-,16-7+. The Hall–Kier alpha value is -2.09. The first-order chi connectivity index (χ1) is 10.2. The van der Waals surface area contributed by atoms with Gasteiger partial charge in [-0.1, -0.05) is 48.6 Å². The first kappa shape index (κ1) is 15.3. The van der Waals surface area contributed by atoms with Crippen molar-refractivity contribution in [2.24, 2.45) is 0 Å². The Bertz CT molecular complexity index is 566. The Balaban J connectivity index is 2.25. The average Bonchev–Trinajstić information content (AvgIpc) is 2.96. The fraction of sp³-hybridized carbons (Fsp3) is 0.316. The van der Waals surface area contributed by atoms with Crippen molar-refractivity contribution in [2.75, 3.05) is 6.54 Å². The van der Waals surface area contributed by atoms with E-state index in [1.54, 1.807) is 6.08 Å². The van der Waals surface area contributed by atoms with Crippen molar-refractivity contribution in [1.29, 1.82) is 0 Å². The van der Waals surface area contributed by atoms with Crippen molar-refractivity contribution >= 4 is 5.91 Å². The van der Waals surface area contributed by atoms with Gasteiger partial charge in [0.05, 0.1) is 6.04 Å². The molecule has 2 heteroatoms. The zero-order valence-corrected chi connectivity index (χ0v) is 12.9. The maximum atomic E-state index is 12.7. The van der Waals surface area contributed by atoms with Crippen LogP contribution >= 0.6 is 0 Å². The number of carbonyl (C=O) groups excluding carboxylic acids is 1. The minimum absolute atomic E-state index is 0.122. The minimum Gasteiger partial charge on any atom is -0.332 e. The van der Waals surface area contributed by atoms with Gasteiger partial charge in [0.1, 0.15) is 0 Å². The van der Waals surface area contributed by atoms with Gasteiger partial charge in [-0.15, -0.1) is 0 Å². The van der Waals surface area contributed by atoms with Gasteiger partial charge in [0.15, 0.2) is 0 Å². The van der Waals surface area contributed by atoms with Crippen LogP contribution in [0.1, 0.15) is 35.7 Å². The van der Waals surface area contributed by atoms with Crippen LogP contribution in [0.15, 0.2) is 60.7 Å². The summed E-state index contributed by atoms with van der Waals surface area (Å²) in [7, 11) is 0. The highest BCUT2D eigenvalue weighted by molar-refractivity contribution is 5.95. The van der Waals surface area contributed by atoms with E-state index in [1.165, 1.54) is 5.56 Å². The van der Waals surface area contributed by atoms with Crippen molar-refractivity contribution in [3.8, 4) is 0 Å². The molecule has 2 nitrogen and oxygen atoms in total. The molecule has 1 unspecified atom stereocenters. The molecule has 1 aliphatic heterocycles. The summed E-state index contributed by atoms with van der Waals surface area (Å²) in [5.41, 5.74) is 3.10. The molecule has 1 saturated heterocycles. The lowest BCUT2D eigenvalue weighted by atomic mass is 10.0. The van der Waals surface area contributed by atoms with Gasteiger partial charge in [-0.25, -0.2) is 0 Å². The fourth-order valence-corrected chi connectivity index (χ4v) is 2.82.